The molecule has 4 heteroatoms. The van der Waals surface area contributed by atoms with E-state index in [0.29, 0.717) is 17.8 Å². The van der Waals surface area contributed by atoms with Gasteiger partial charge in [-0.15, -0.1) is 0 Å². The van der Waals surface area contributed by atoms with Gasteiger partial charge in [0.1, 0.15) is 5.76 Å². The number of nitrogens with zero attached hydrogens (tertiary/aromatic N) is 1. The smallest absolute Gasteiger partial charge is 0.257 e. The number of carbonyl (C=O) groups is 1. The number of aliphatic hydroxyl groups excluding tert-OH is 1. The zero-order valence-corrected chi connectivity index (χ0v) is 11.4. The molecule has 0 fully saturated rings. The van der Waals surface area contributed by atoms with E-state index in [0.717, 1.165) is 5.56 Å². The largest absolute Gasteiger partial charge is 0.509 e. The maximum absolute atomic E-state index is 11.8. The molecule has 0 saturated carbocycles. The Kier molecular flexibility index (Phi) is 3.42. The first-order valence-corrected chi connectivity index (χ1v) is 6.23. The molecule has 0 spiro atoms. The first-order chi connectivity index (χ1) is 8.92. The van der Waals surface area contributed by atoms with E-state index < -0.39 is 5.54 Å². The van der Waals surface area contributed by atoms with E-state index in [1.807, 2.05) is 30.3 Å². The first kappa shape index (κ1) is 13.3. The Labute approximate surface area is 112 Å². The number of hydrogen-bond acceptors (Lipinski definition) is 3. The molecule has 1 amide bonds. The molecular weight excluding hydrogens is 240 g/mol. The van der Waals surface area contributed by atoms with Crippen LogP contribution in [0.3, 0.4) is 0 Å². The average molecular weight is 258 g/mol. The molecule has 0 radical (unpaired) electrons. The monoisotopic (exact) mass is 258 g/mol. The Morgan fingerprint density at radius 2 is 1.95 bits per heavy atom. The lowest BCUT2D eigenvalue weighted by molar-refractivity contribution is -0.117. The summed E-state index contributed by atoms with van der Waals surface area (Å²) in [4.78, 5) is 16.2. The van der Waals surface area contributed by atoms with E-state index in [4.69, 9.17) is 0 Å². The van der Waals surface area contributed by atoms with Crippen molar-refractivity contribution in [3.8, 4) is 0 Å². The lowest BCUT2D eigenvalue weighted by Crippen LogP contribution is -2.38. The zero-order valence-electron chi connectivity index (χ0n) is 11.4. The summed E-state index contributed by atoms with van der Waals surface area (Å²) in [6.07, 6.45) is 0. The van der Waals surface area contributed by atoms with Crippen molar-refractivity contribution in [3.63, 3.8) is 0 Å². The highest BCUT2D eigenvalue weighted by molar-refractivity contribution is 6.23. The second-order valence-corrected chi connectivity index (χ2v) is 5.19. The Hall–Kier alpha value is -2.10. The van der Waals surface area contributed by atoms with Crippen LogP contribution in [-0.2, 0) is 11.3 Å². The highest BCUT2D eigenvalue weighted by Crippen LogP contribution is 2.25. The molecule has 0 atom stereocenters. The lowest BCUT2D eigenvalue weighted by atomic mass is 10.0. The van der Waals surface area contributed by atoms with Gasteiger partial charge in [-0.25, -0.2) is 0 Å². The van der Waals surface area contributed by atoms with Crippen LogP contribution >= 0.6 is 0 Å². The first-order valence-electron chi connectivity index (χ1n) is 6.23. The fourth-order valence-electron chi connectivity index (χ4n) is 2.03. The molecule has 1 aliphatic rings. The molecule has 1 heterocycles. The minimum Gasteiger partial charge on any atom is -0.509 e. The zero-order chi connectivity index (χ0) is 14.0. The Morgan fingerprint density at radius 1 is 1.32 bits per heavy atom. The van der Waals surface area contributed by atoms with Gasteiger partial charge in [-0.05, 0) is 26.3 Å². The van der Waals surface area contributed by atoms with Crippen LogP contribution in [0.4, 0.5) is 0 Å². The maximum Gasteiger partial charge on any atom is 0.257 e. The summed E-state index contributed by atoms with van der Waals surface area (Å²) in [5, 5.41) is 12.8. The Morgan fingerprint density at radius 3 is 2.47 bits per heavy atom. The summed E-state index contributed by atoms with van der Waals surface area (Å²) >= 11 is 0. The van der Waals surface area contributed by atoms with Gasteiger partial charge in [-0.3, -0.25) is 9.79 Å². The van der Waals surface area contributed by atoms with Crippen LogP contribution < -0.4 is 5.32 Å². The van der Waals surface area contributed by atoms with Crippen LogP contribution in [0.2, 0.25) is 0 Å². The summed E-state index contributed by atoms with van der Waals surface area (Å²) in [7, 11) is 0. The molecule has 0 unspecified atom stereocenters. The van der Waals surface area contributed by atoms with Crippen molar-refractivity contribution in [2.24, 2.45) is 4.99 Å². The molecule has 1 aromatic carbocycles. The van der Waals surface area contributed by atoms with Gasteiger partial charge >= 0.3 is 0 Å². The second kappa shape index (κ2) is 4.88. The molecule has 2 rings (SSSR count). The number of carbonyl (C=O) groups excluding carboxylic acids is 1. The van der Waals surface area contributed by atoms with Crippen LogP contribution in [0.5, 0.6) is 0 Å². The molecule has 0 aliphatic carbocycles. The number of amides is 1. The molecule has 4 nitrogen and oxygen atoms in total. The third kappa shape index (κ3) is 2.67. The maximum atomic E-state index is 11.8. The van der Waals surface area contributed by atoms with Crippen molar-refractivity contribution in [3.05, 3.63) is 47.2 Å². The number of rotatable bonds is 3. The Bertz CT molecular complexity index is 557. The van der Waals surface area contributed by atoms with Gasteiger partial charge in [-0.2, -0.15) is 0 Å². The minimum absolute atomic E-state index is 0.0619. The van der Waals surface area contributed by atoms with Crippen molar-refractivity contribution in [2.75, 3.05) is 0 Å². The molecule has 19 heavy (non-hydrogen) atoms. The van der Waals surface area contributed by atoms with Gasteiger partial charge in [0.05, 0.1) is 17.7 Å². The van der Waals surface area contributed by atoms with Crippen molar-refractivity contribution in [1.82, 2.24) is 5.32 Å². The third-order valence-electron chi connectivity index (χ3n) is 3.19. The molecule has 0 bridgehead atoms. The van der Waals surface area contributed by atoms with Gasteiger partial charge in [-0.1, -0.05) is 30.3 Å². The SMILES string of the molecule is CC(=NCc1ccccc1)C1=C(O)C(C)(C)NC1=O. The second-order valence-electron chi connectivity index (χ2n) is 5.19. The van der Waals surface area contributed by atoms with Crippen molar-refractivity contribution >= 4 is 11.6 Å². The quantitative estimate of drug-likeness (QED) is 0.818. The van der Waals surface area contributed by atoms with Gasteiger partial charge in [0.25, 0.3) is 5.91 Å². The van der Waals surface area contributed by atoms with Gasteiger partial charge < -0.3 is 10.4 Å². The number of aliphatic imine (C=N–C) groups is 1. The third-order valence-corrected chi connectivity index (χ3v) is 3.19. The standard InChI is InChI=1S/C15H18N2O2/c1-10(16-9-11-7-5-4-6-8-11)12-13(18)15(2,3)17-14(12)19/h4-8,18H,9H2,1-3H3,(H,17,19). The number of hydrogen-bond donors (Lipinski definition) is 2. The fourth-order valence-corrected chi connectivity index (χ4v) is 2.03. The number of aliphatic hydroxyl groups is 1. The van der Waals surface area contributed by atoms with Gasteiger partial charge in [0.15, 0.2) is 0 Å². The number of nitrogens with one attached hydrogen (secondary N) is 1. The summed E-state index contributed by atoms with van der Waals surface area (Å²) in [6.45, 7) is 5.77. The van der Waals surface area contributed by atoms with E-state index >= 15 is 0 Å². The van der Waals surface area contributed by atoms with E-state index in [2.05, 4.69) is 10.3 Å². The molecule has 100 valence electrons. The summed E-state index contributed by atoms with van der Waals surface area (Å²) in [5.74, 6) is -0.205. The average Bonchev–Trinajstić information content (AvgIpc) is 2.57. The van der Waals surface area contributed by atoms with E-state index in [-0.39, 0.29) is 11.7 Å². The Balaban J connectivity index is 2.22. The van der Waals surface area contributed by atoms with Gasteiger partial charge in [0.2, 0.25) is 0 Å². The molecular formula is C15H18N2O2. The minimum atomic E-state index is -0.712. The fraction of sp³-hybridized carbons (Fsp3) is 0.333. The van der Waals surface area contributed by atoms with Crippen LogP contribution in [-0.4, -0.2) is 22.3 Å². The summed E-state index contributed by atoms with van der Waals surface area (Å²) < 4.78 is 0. The molecule has 0 saturated heterocycles. The molecule has 2 N–H and O–H groups in total. The van der Waals surface area contributed by atoms with Gasteiger partial charge in [0, 0.05) is 5.71 Å². The van der Waals surface area contributed by atoms with Crippen LogP contribution in [0.25, 0.3) is 0 Å². The van der Waals surface area contributed by atoms with Crippen LogP contribution in [0.1, 0.15) is 26.3 Å². The predicted octanol–water partition coefficient (Wildman–Crippen LogP) is 2.37. The van der Waals surface area contributed by atoms with E-state index in [9.17, 15) is 9.90 Å². The van der Waals surface area contributed by atoms with E-state index in [1.54, 1.807) is 20.8 Å². The normalized spacial score (nSPS) is 18.7. The van der Waals surface area contributed by atoms with Crippen molar-refractivity contribution in [2.45, 2.75) is 32.9 Å². The van der Waals surface area contributed by atoms with Crippen LogP contribution in [0.15, 0.2) is 46.7 Å². The summed E-state index contributed by atoms with van der Waals surface area (Å²) in [6, 6.07) is 9.79. The number of benzene rings is 1. The van der Waals surface area contributed by atoms with E-state index in [1.165, 1.54) is 0 Å². The highest BCUT2D eigenvalue weighted by Gasteiger charge is 2.38. The highest BCUT2D eigenvalue weighted by atomic mass is 16.3. The molecule has 0 aromatic heterocycles. The van der Waals surface area contributed by atoms with Crippen LogP contribution in [0, 0.1) is 0 Å². The molecule has 1 aromatic rings. The topological polar surface area (TPSA) is 61.7 Å². The van der Waals surface area contributed by atoms with Crippen molar-refractivity contribution in [1.29, 1.82) is 0 Å². The molecule has 1 aliphatic heterocycles. The lowest BCUT2D eigenvalue weighted by Gasteiger charge is -2.17. The summed E-state index contributed by atoms with van der Waals surface area (Å²) in [5.41, 5.74) is 1.21. The van der Waals surface area contributed by atoms with Crippen molar-refractivity contribution < 1.29 is 9.90 Å². The predicted molar refractivity (Wildman–Crippen MR) is 75.1 cm³/mol.